The van der Waals surface area contributed by atoms with E-state index in [4.69, 9.17) is 5.73 Å². The molecule has 6 heteroatoms. The van der Waals surface area contributed by atoms with Crippen LogP contribution in [0.3, 0.4) is 0 Å². The standard InChI is InChI=1S/C13H15N5O/c1-17-6-7-18(13(17)19)11-5-3-2-4-9(11)10-8-12(14)16-15-10/h2-5,8H,6-7H2,1H3,(H3,14,15,16). The highest BCUT2D eigenvalue weighted by Gasteiger charge is 2.28. The molecule has 2 heterocycles. The van der Waals surface area contributed by atoms with Crippen LogP contribution in [0.5, 0.6) is 0 Å². The number of carbonyl (C=O) groups excluding carboxylic acids is 1. The lowest BCUT2D eigenvalue weighted by atomic mass is 10.1. The molecule has 0 spiro atoms. The van der Waals surface area contributed by atoms with Crippen molar-refractivity contribution >= 4 is 17.5 Å². The molecule has 0 atom stereocenters. The lowest BCUT2D eigenvalue weighted by molar-refractivity contribution is 0.229. The first-order valence-corrected chi connectivity index (χ1v) is 6.10. The van der Waals surface area contributed by atoms with E-state index in [1.807, 2.05) is 24.3 Å². The molecule has 19 heavy (non-hydrogen) atoms. The number of nitrogens with zero attached hydrogens (tertiary/aromatic N) is 3. The van der Waals surface area contributed by atoms with Gasteiger partial charge in [-0.05, 0) is 6.07 Å². The molecule has 0 saturated carbocycles. The smallest absolute Gasteiger partial charge is 0.324 e. The van der Waals surface area contributed by atoms with E-state index < -0.39 is 0 Å². The molecule has 0 aliphatic carbocycles. The predicted molar refractivity (Wildman–Crippen MR) is 73.8 cm³/mol. The molecule has 3 N–H and O–H groups in total. The maximum atomic E-state index is 12.1. The van der Waals surface area contributed by atoms with Crippen LogP contribution in [0.1, 0.15) is 0 Å². The third-order valence-electron chi connectivity index (χ3n) is 3.30. The van der Waals surface area contributed by atoms with Crippen LogP contribution in [0.15, 0.2) is 30.3 Å². The van der Waals surface area contributed by atoms with Gasteiger partial charge in [0.2, 0.25) is 0 Å². The molecule has 1 saturated heterocycles. The minimum absolute atomic E-state index is 0.0138. The highest BCUT2D eigenvalue weighted by molar-refractivity contribution is 5.98. The molecule has 1 fully saturated rings. The second-order valence-electron chi connectivity index (χ2n) is 4.58. The van der Waals surface area contributed by atoms with Crippen molar-refractivity contribution in [3.63, 3.8) is 0 Å². The zero-order valence-electron chi connectivity index (χ0n) is 10.6. The van der Waals surface area contributed by atoms with Crippen molar-refractivity contribution in [2.45, 2.75) is 0 Å². The van der Waals surface area contributed by atoms with Crippen molar-refractivity contribution < 1.29 is 4.79 Å². The van der Waals surface area contributed by atoms with E-state index in [-0.39, 0.29) is 6.03 Å². The highest BCUT2D eigenvalue weighted by atomic mass is 16.2. The van der Waals surface area contributed by atoms with Crippen molar-refractivity contribution in [1.82, 2.24) is 15.1 Å². The van der Waals surface area contributed by atoms with Gasteiger partial charge in [0.25, 0.3) is 0 Å². The number of benzene rings is 1. The van der Waals surface area contributed by atoms with Crippen LogP contribution in [0, 0.1) is 0 Å². The van der Waals surface area contributed by atoms with E-state index in [0.717, 1.165) is 23.5 Å². The first-order valence-electron chi connectivity index (χ1n) is 6.10. The van der Waals surface area contributed by atoms with Gasteiger partial charge in [-0.2, -0.15) is 5.10 Å². The molecule has 1 aromatic heterocycles. The van der Waals surface area contributed by atoms with Crippen LogP contribution in [-0.2, 0) is 0 Å². The van der Waals surface area contributed by atoms with Crippen molar-refractivity contribution in [3.8, 4) is 11.3 Å². The van der Waals surface area contributed by atoms with Gasteiger partial charge in [-0.1, -0.05) is 18.2 Å². The Morgan fingerprint density at radius 2 is 2.11 bits per heavy atom. The summed E-state index contributed by atoms with van der Waals surface area (Å²) in [6.45, 7) is 1.42. The largest absolute Gasteiger partial charge is 0.382 e. The Kier molecular flexibility index (Phi) is 2.63. The van der Waals surface area contributed by atoms with E-state index in [2.05, 4.69) is 10.2 Å². The number of para-hydroxylation sites is 1. The Balaban J connectivity index is 2.05. The number of aromatic amines is 1. The first kappa shape index (κ1) is 11.6. The van der Waals surface area contributed by atoms with Gasteiger partial charge in [0.15, 0.2) is 0 Å². The summed E-state index contributed by atoms with van der Waals surface area (Å²) in [6, 6.07) is 9.52. The number of urea groups is 1. The average Bonchev–Trinajstić information content (AvgIpc) is 2.98. The number of carbonyl (C=O) groups is 1. The summed E-state index contributed by atoms with van der Waals surface area (Å²) in [6.07, 6.45) is 0. The molecule has 2 aromatic rings. The number of nitrogens with two attached hydrogens (primary N) is 1. The topological polar surface area (TPSA) is 78.2 Å². The zero-order valence-corrected chi connectivity index (χ0v) is 10.6. The fraction of sp³-hybridized carbons (Fsp3) is 0.231. The summed E-state index contributed by atoms with van der Waals surface area (Å²) < 4.78 is 0. The van der Waals surface area contributed by atoms with Crippen LogP contribution in [0.25, 0.3) is 11.3 Å². The normalized spacial score (nSPS) is 15.3. The van der Waals surface area contributed by atoms with Crippen LogP contribution in [0.2, 0.25) is 0 Å². The minimum Gasteiger partial charge on any atom is -0.382 e. The Morgan fingerprint density at radius 3 is 2.74 bits per heavy atom. The molecule has 0 radical (unpaired) electrons. The maximum Gasteiger partial charge on any atom is 0.324 e. The Hall–Kier alpha value is -2.50. The second kappa shape index (κ2) is 4.31. The molecular weight excluding hydrogens is 242 g/mol. The molecule has 6 nitrogen and oxygen atoms in total. The number of rotatable bonds is 2. The third kappa shape index (κ3) is 1.91. The lowest BCUT2D eigenvalue weighted by Gasteiger charge is -2.19. The van der Waals surface area contributed by atoms with E-state index >= 15 is 0 Å². The van der Waals surface area contributed by atoms with Gasteiger partial charge < -0.3 is 10.6 Å². The first-order chi connectivity index (χ1) is 9.16. The van der Waals surface area contributed by atoms with Crippen LogP contribution < -0.4 is 10.6 Å². The van der Waals surface area contributed by atoms with E-state index in [1.165, 1.54) is 0 Å². The average molecular weight is 257 g/mol. The van der Waals surface area contributed by atoms with E-state index in [0.29, 0.717) is 12.4 Å². The van der Waals surface area contributed by atoms with Crippen molar-refractivity contribution in [3.05, 3.63) is 30.3 Å². The molecule has 0 unspecified atom stereocenters. The van der Waals surface area contributed by atoms with E-state index in [1.54, 1.807) is 22.9 Å². The minimum atomic E-state index is 0.0138. The monoisotopic (exact) mass is 257 g/mol. The van der Waals surface area contributed by atoms with Crippen LogP contribution in [0.4, 0.5) is 16.3 Å². The van der Waals surface area contributed by atoms with Crippen molar-refractivity contribution in [2.24, 2.45) is 0 Å². The molecule has 0 bridgehead atoms. The Bertz CT molecular complexity index is 621. The van der Waals surface area contributed by atoms with Gasteiger partial charge in [0.05, 0.1) is 11.4 Å². The van der Waals surface area contributed by atoms with Crippen molar-refractivity contribution in [2.75, 3.05) is 30.8 Å². The SMILES string of the molecule is CN1CCN(c2ccccc2-c2cc(N)n[nH]2)C1=O. The summed E-state index contributed by atoms with van der Waals surface area (Å²) in [5.74, 6) is 0.440. The van der Waals surface area contributed by atoms with Gasteiger partial charge >= 0.3 is 6.03 Å². The second-order valence-corrected chi connectivity index (χ2v) is 4.58. The lowest BCUT2D eigenvalue weighted by Crippen LogP contribution is -2.29. The van der Waals surface area contributed by atoms with Gasteiger partial charge in [0, 0.05) is 31.8 Å². The van der Waals surface area contributed by atoms with Gasteiger partial charge in [-0.15, -0.1) is 0 Å². The number of anilines is 2. The fourth-order valence-corrected chi connectivity index (χ4v) is 2.28. The number of hydrogen-bond donors (Lipinski definition) is 2. The number of H-pyrrole nitrogens is 1. The van der Waals surface area contributed by atoms with Gasteiger partial charge in [-0.3, -0.25) is 10.00 Å². The quantitative estimate of drug-likeness (QED) is 0.856. The van der Waals surface area contributed by atoms with E-state index in [9.17, 15) is 4.79 Å². The number of hydrogen-bond acceptors (Lipinski definition) is 3. The fourth-order valence-electron chi connectivity index (χ4n) is 2.28. The molecule has 98 valence electrons. The molecule has 3 rings (SSSR count). The van der Waals surface area contributed by atoms with Crippen LogP contribution >= 0.6 is 0 Å². The van der Waals surface area contributed by atoms with Crippen LogP contribution in [-0.4, -0.2) is 41.3 Å². The number of amides is 2. The highest BCUT2D eigenvalue weighted by Crippen LogP contribution is 2.31. The maximum absolute atomic E-state index is 12.1. The molecular formula is C13H15N5O. The number of nitrogen functional groups attached to an aromatic ring is 1. The Labute approximate surface area is 110 Å². The zero-order chi connectivity index (χ0) is 13.4. The van der Waals surface area contributed by atoms with Gasteiger partial charge in [-0.25, -0.2) is 4.79 Å². The molecule has 2 amide bonds. The summed E-state index contributed by atoms with van der Waals surface area (Å²) >= 11 is 0. The summed E-state index contributed by atoms with van der Waals surface area (Å²) in [7, 11) is 1.80. The molecule has 1 aliphatic rings. The summed E-state index contributed by atoms with van der Waals surface area (Å²) in [5.41, 5.74) is 8.25. The van der Waals surface area contributed by atoms with Crippen molar-refractivity contribution in [1.29, 1.82) is 0 Å². The Morgan fingerprint density at radius 1 is 1.32 bits per heavy atom. The predicted octanol–water partition coefficient (Wildman–Crippen LogP) is 1.53. The number of aromatic nitrogens is 2. The molecule has 1 aromatic carbocycles. The molecule has 1 aliphatic heterocycles. The van der Waals surface area contributed by atoms with Gasteiger partial charge in [0.1, 0.15) is 5.82 Å². The summed E-state index contributed by atoms with van der Waals surface area (Å²) in [4.78, 5) is 15.6. The number of likely N-dealkylation sites (N-methyl/N-ethyl adjacent to an activating group) is 1. The third-order valence-corrected chi connectivity index (χ3v) is 3.30. The summed E-state index contributed by atoms with van der Waals surface area (Å²) in [5, 5.41) is 6.82. The number of nitrogens with one attached hydrogen (secondary N) is 1.